The topological polar surface area (TPSA) is 48.9 Å². The highest BCUT2D eigenvalue weighted by Gasteiger charge is 2.07. The van der Waals surface area contributed by atoms with Gasteiger partial charge in [-0.3, -0.25) is 0 Å². The molecule has 0 bridgehead atoms. The zero-order valence-electron chi connectivity index (χ0n) is 4.56. The van der Waals surface area contributed by atoms with Crippen molar-refractivity contribution in [3.8, 4) is 0 Å². The van der Waals surface area contributed by atoms with E-state index in [0.29, 0.717) is 0 Å². The van der Waals surface area contributed by atoms with Crippen LogP contribution < -0.4 is 0 Å². The molecule has 3 nitrogen and oxygen atoms in total. The number of hydrogen-bond donors (Lipinski definition) is 2. The molecule has 0 aliphatic heterocycles. The number of halogens is 2. The van der Waals surface area contributed by atoms with E-state index >= 15 is 0 Å². The predicted octanol–water partition coefficient (Wildman–Crippen LogP) is 1.95. The first-order valence-electron chi connectivity index (χ1n) is 2.25. The fourth-order valence-electron chi connectivity index (χ4n) is 0.432. The van der Waals surface area contributed by atoms with Gasteiger partial charge in [0.15, 0.2) is 11.0 Å². The van der Waals surface area contributed by atoms with E-state index in [4.69, 9.17) is 28.3 Å². The summed E-state index contributed by atoms with van der Waals surface area (Å²) in [6.45, 7) is 0. The second kappa shape index (κ2) is 2.74. The monoisotopic (exact) mass is 196 g/mol. The summed E-state index contributed by atoms with van der Waals surface area (Å²) in [4.78, 5) is 6.07. The lowest BCUT2D eigenvalue weighted by Gasteiger charge is -1.83. The molecule has 0 saturated carbocycles. The van der Waals surface area contributed by atoms with E-state index in [1.165, 1.54) is 0 Å². The Bertz CT molecular complexity index is 253. The lowest BCUT2D eigenvalue weighted by molar-refractivity contribution is 0.566. The molecule has 0 radical (unpaired) electrons. The molecule has 10 heavy (non-hydrogen) atoms. The van der Waals surface area contributed by atoms with Crippen molar-refractivity contribution in [2.75, 3.05) is 0 Å². The number of aromatic amines is 1. The third-order valence-electron chi connectivity index (χ3n) is 0.822. The van der Waals surface area contributed by atoms with E-state index in [2.05, 4.69) is 22.2 Å². The summed E-state index contributed by atoms with van der Waals surface area (Å²) in [6.07, 6.45) is 0. The van der Waals surface area contributed by atoms with E-state index in [0.717, 1.165) is 0 Å². The molecule has 1 heterocycles. The molecule has 0 amide bonds. The quantitative estimate of drug-likeness (QED) is 0.676. The van der Waals surface area contributed by atoms with Crippen molar-refractivity contribution in [3.63, 3.8) is 0 Å². The maximum atomic E-state index is 8.68. The normalized spacial score (nSPS) is 9.80. The second-order valence-electron chi connectivity index (χ2n) is 1.50. The molecule has 0 aliphatic rings. The minimum atomic E-state index is -0.353. The van der Waals surface area contributed by atoms with Gasteiger partial charge in [-0.25, -0.2) is 4.98 Å². The van der Waals surface area contributed by atoms with E-state index in [-0.39, 0.29) is 21.2 Å². The largest absolute Gasteiger partial charge is 0.496 e. The van der Waals surface area contributed by atoms with Crippen molar-refractivity contribution in [2.45, 2.75) is 0 Å². The number of aliphatic hydroxyl groups is 1. The second-order valence-corrected chi connectivity index (χ2v) is 2.62. The summed E-state index contributed by atoms with van der Waals surface area (Å²) in [5.41, 5.74) is 0. The SMILES string of the molecule is OC(=S)c1nc(Cl)c(Cl)[nH]1. The lowest BCUT2D eigenvalue weighted by atomic mass is 10.7. The fourth-order valence-corrected chi connectivity index (χ4v) is 0.792. The van der Waals surface area contributed by atoms with Crippen molar-refractivity contribution in [1.82, 2.24) is 9.97 Å². The van der Waals surface area contributed by atoms with Crippen LogP contribution in [-0.2, 0) is 0 Å². The number of nitrogens with one attached hydrogen (secondary N) is 1. The molecule has 0 atom stereocenters. The number of H-pyrrole nitrogens is 1. The van der Waals surface area contributed by atoms with Crippen LogP contribution in [0.3, 0.4) is 0 Å². The molecule has 1 aromatic heterocycles. The van der Waals surface area contributed by atoms with Gasteiger partial charge >= 0.3 is 0 Å². The Hall–Kier alpha value is -0.320. The maximum Gasteiger partial charge on any atom is 0.225 e. The van der Waals surface area contributed by atoms with Crippen LogP contribution >= 0.6 is 35.4 Å². The van der Waals surface area contributed by atoms with Gasteiger partial charge in [-0.05, 0) is 12.2 Å². The number of aromatic nitrogens is 2. The zero-order chi connectivity index (χ0) is 7.72. The lowest BCUT2D eigenvalue weighted by Crippen LogP contribution is -1.96. The molecular formula is C4H2Cl2N2OS. The fraction of sp³-hybridized carbons (Fsp3) is 0. The molecule has 0 fully saturated rings. The van der Waals surface area contributed by atoms with Gasteiger partial charge in [0, 0.05) is 0 Å². The highest BCUT2D eigenvalue weighted by Crippen LogP contribution is 2.17. The number of imidazole rings is 1. The van der Waals surface area contributed by atoms with Crippen molar-refractivity contribution in [2.24, 2.45) is 0 Å². The van der Waals surface area contributed by atoms with Crippen LogP contribution in [0.1, 0.15) is 5.82 Å². The molecule has 6 heteroatoms. The van der Waals surface area contributed by atoms with Gasteiger partial charge in [0.2, 0.25) is 5.05 Å². The summed E-state index contributed by atoms with van der Waals surface area (Å²) in [6, 6.07) is 0. The minimum absolute atomic E-state index is 0.105. The molecule has 1 aromatic rings. The molecule has 0 aromatic carbocycles. The van der Waals surface area contributed by atoms with Crippen molar-refractivity contribution in [3.05, 3.63) is 16.1 Å². The minimum Gasteiger partial charge on any atom is -0.496 e. The standard InChI is InChI=1S/C4H2Cl2N2OS/c5-1-2(6)8-3(7-1)4(9)10/h(H,7,8)(H,9,10). The molecule has 0 saturated heterocycles. The number of hydrogen-bond acceptors (Lipinski definition) is 2. The van der Waals surface area contributed by atoms with Gasteiger partial charge in [-0.2, -0.15) is 0 Å². The van der Waals surface area contributed by atoms with Gasteiger partial charge < -0.3 is 10.1 Å². The zero-order valence-corrected chi connectivity index (χ0v) is 6.89. The highest BCUT2D eigenvalue weighted by molar-refractivity contribution is 7.80. The molecule has 54 valence electrons. The average Bonchev–Trinajstić information content (AvgIpc) is 2.13. The van der Waals surface area contributed by atoms with Crippen molar-refractivity contribution < 1.29 is 5.11 Å². The Morgan fingerprint density at radius 1 is 1.60 bits per heavy atom. The van der Waals surface area contributed by atoms with Gasteiger partial charge in [0.25, 0.3) is 0 Å². The molecule has 1 rings (SSSR count). The summed E-state index contributed by atoms with van der Waals surface area (Å²) in [7, 11) is 0. The number of rotatable bonds is 1. The third-order valence-corrected chi connectivity index (χ3v) is 1.66. The maximum absolute atomic E-state index is 8.68. The number of nitrogens with zero attached hydrogens (tertiary/aromatic N) is 1. The van der Waals surface area contributed by atoms with E-state index in [9.17, 15) is 0 Å². The molecule has 0 aliphatic carbocycles. The predicted molar refractivity (Wildman–Crippen MR) is 42.9 cm³/mol. The van der Waals surface area contributed by atoms with Crippen molar-refractivity contribution in [1.29, 1.82) is 0 Å². The van der Waals surface area contributed by atoms with Gasteiger partial charge in [-0.15, -0.1) is 0 Å². The van der Waals surface area contributed by atoms with Gasteiger partial charge in [0.1, 0.15) is 5.15 Å². The first-order chi connectivity index (χ1) is 4.61. The van der Waals surface area contributed by atoms with E-state index in [1.807, 2.05) is 0 Å². The first kappa shape index (κ1) is 7.78. The first-order valence-corrected chi connectivity index (χ1v) is 3.42. The van der Waals surface area contributed by atoms with Crippen LogP contribution in [0.15, 0.2) is 0 Å². The van der Waals surface area contributed by atoms with Gasteiger partial charge in [0.05, 0.1) is 0 Å². The van der Waals surface area contributed by atoms with Crippen LogP contribution in [0.4, 0.5) is 0 Å². The third kappa shape index (κ3) is 1.39. The Balaban J connectivity index is 3.10. The van der Waals surface area contributed by atoms with E-state index < -0.39 is 0 Å². The van der Waals surface area contributed by atoms with Crippen LogP contribution in [0.25, 0.3) is 0 Å². The Labute approximate surface area is 72.0 Å². The summed E-state index contributed by atoms with van der Waals surface area (Å²) >= 11 is 15.3. The van der Waals surface area contributed by atoms with Crippen LogP contribution in [0, 0.1) is 0 Å². The van der Waals surface area contributed by atoms with Gasteiger partial charge in [-0.1, -0.05) is 23.2 Å². The number of aliphatic hydroxyl groups excluding tert-OH is 1. The van der Waals surface area contributed by atoms with Crippen molar-refractivity contribution >= 4 is 40.5 Å². The van der Waals surface area contributed by atoms with E-state index in [1.54, 1.807) is 0 Å². The van der Waals surface area contributed by atoms with Crippen LogP contribution in [-0.4, -0.2) is 20.1 Å². The molecule has 2 N–H and O–H groups in total. The van der Waals surface area contributed by atoms with Crippen LogP contribution in [0.5, 0.6) is 0 Å². The average molecular weight is 197 g/mol. The molecule has 0 unspecified atom stereocenters. The molecule has 0 spiro atoms. The molecular weight excluding hydrogens is 195 g/mol. The number of thiocarbonyl (C=S) groups is 1. The summed E-state index contributed by atoms with van der Waals surface area (Å²) in [5, 5.41) is 8.61. The Morgan fingerprint density at radius 2 is 2.20 bits per heavy atom. The smallest absolute Gasteiger partial charge is 0.225 e. The Morgan fingerprint density at radius 3 is 2.40 bits per heavy atom. The summed E-state index contributed by atoms with van der Waals surface area (Å²) in [5.74, 6) is 0.116. The Kier molecular flexibility index (Phi) is 2.13. The highest BCUT2D eigenvalue weighted by atomic mass is 35.5. The van der Waals surface area contributed by atoms with Crippen LogP contribution in [0.2, 0.25) is 10.3 Å². The summed E-state index contributed by atoms with van der Waals surface area (Å²) < 4.78 is 0.